The fourth-order valence-electron chi connectivity index (χ4n) is 2.74. The van der Waals surface area contributed by atoms with Crippen molar-refractivity contribution < 1.29 is 4.79 Å². The number of allylic oxidation sites excluding steroid dienone is 1. The van der Waals surface area contributed by atoms with Crippen LogP contribution in [0.15, 0.2) is 61.2 Å². The van der Waals surface area contributed by atoms with Crippen LogP contribution in [0.2, 0.25) is 0 Å². The summed E-state index contributed by atoms with van der Waals surface area (Å²) < 4.78 is 2.14. The number of carbonyl (C=O) groups excluding carboxylic acids is 1. The van der Waals surface area contributed by atoms with E-state index in [1.807, 2.05) is 55.5 Å². The molecule has 0 saturated heterocycles. The van der Waals surface area contributed by atoms with Crippen LogP contribution in [0.4, 0.5) is 0 Å². The highest BCUT2D eigenvalue weighted by atomic mass is 16.1. The molecule has 0 bridgehead atoms. The highest BCUT2D eigenvalue weighted by Crippen LogP contribution is 2.16. The van der Waals surface area contributed by atoms with Crippen LogP contribution in [-0.4, -0.2) is 22.0 Å². The third-order valence-electron chi connectivity index (χ3n) is 3.99. The monoisotopic (exact) mass is 319 g/mol. The van der Waals surface area contributed by atoms with E-state index < -0.39 is 0 Å². The molecule has 3 rings (SSSR count). The molecule has 0 aliphatic heterocycles. The highest BCUT2D eigenvalue weighted by molar-refractivity contribution is 5.94. The molecular weight excluding hydrogens is 298 g/mol. The minimum absolute atomic E-state index is 0.0543. The van der Waals surface area contributed by atoms with Gasteiger partial charge >= 0.3 is 0 Å². The second-order valence-corrected chi connectivity index (χ2v) is 5.79. The van der Waals surface area contributed by atoms with Crippen LogP contribution < -0.4 is 5.32 Å². The molecule has 2 aromatic carbocycles. The van der Waals surface area contributed by atoms with Gasteiger partial charge in [0, 0.05) is 25.1 Å². The normalized spacial score (nSPS) is 10.7. The standard InChI is InChI=1S/C20H21N3O/c1-3-14-23-18-7-5-4-6-17(18)22-19(23)12-13-21-20(24)16-10-8-15(2)9-11-16/h3-11H,1,12-14H2,2H3,(H,21,24). The van der Waals surface area contributed by atoms with Crippen molar-refractivity contribution in [2.24, 2.45) is 0 Å². The van der Waals surface area contributed by atoms with Crippen molar-refractivity contribution in [2.75, 3.05) is 6.54 Å². The summed E-state index contributed by atoms with van der Waals surface area (Å²) in [7, 11) is 0. The topological polar surface area (TPSA) is 46.9 Å². The number of benzene rings is 2. The van der Waals surface area contributed by atoms with E-state index in [0.29, 0.717) is 25.1 Å². The Kier molecular flexibility index (Phi) is 4.75. The molecule has 0 unspecified atom stereocenters. The summed E-state index contributed by atoms with van der Waals surface area (Å²) in [6.45, 7) is 7.08. The van der Waals surface area contributed by atoms with E-state index >= 15 is 0 Å². The molecule has 0 spiro atoms. The Hall–Kier alpha value is -2.88. The third-order valence-corrected chi connectivity index (χ3v) is 3.99. The molecule has 1 heterocycles. The van der Waals surface area contributed by atoms with Gasteiger partial charge in [0.1, 0.15) is 5.82 Å². The first-order valence-corrected chi connectivity index (χ1v) is 8.09. The Morgan fingerprint density at radius 3 is 2.71 bits per heavy atom. The minimum Gasteiger partial charge on any atom is -0.352 e. The zero-order chi connectivity index (χ0) is 16.9. The van der Waals surface area contributed by atoms with E-state index in [1.165, 1.54) is 0 Å². The summed E-state index contributed by atoms with van der Waals surface area (Å²) in [5.74, 6) is 0.904. The Morgan fingerprint density at radius 1 is 1.21 bits per heavy atom. The second kappa shape index (κ2) is 7.13. The molecule has 1 amide bonds. The average Bonchev–Trinajstić information content (AvgIpc) is 2.94. The van der Waals surface area contributed by atoms with Crippen LogP contribution in [0.1, 0.15) is 21.7 Å². The number of carbonyl (C=O) groups is 1. The van der Waals surface area contributed by atoms with Crippen LogP contribution in [0.25, 0.3) is 11.0 Å². The van der Waals surface area contributed by atoms with Crippen molar-refractivity contribution in [3.05, 3.63) is 78.1 Å². The Morgan fingerprint density at radius 2 is 1.96 bits per heavy atom. The molecule has 4 nitrogen and oxygen atoms in total. The van der Waals surface area contributed by atoms with Gasteiger partial charge in [0.15, 0.2) is 0 Å². The van der Waals surface area contributed by atoms with Gasteiger partial charge in [-0.15, -0.1) is 6.58 Å². The number of hydrogen-bond acceptors (Lipinski definition) is 2. The number of amides is 1. The summed E-state index contributed by atoms with van der Waals surface area (Å²) in [4.78, 5) is 16.9. The van der Waals surface area contributed by atoms with Gasteiger partial charge in [-0.05, 0) is 31.2 Å². The molecule has 24 heavy (non-hydrogen) atoms. The molecule has 0 atom stereocenters. The minimum atomic E-state index is -0.0543. The molecule has 4 heteroatoms. The van der Waals surface area contributed by atoms with E-state index in [4.69, 9.17) is 0 Å². The molecule has 3 aromatic rings. The number of fused-ring (bicyclic) bond motifs is 1. The highest BCUT2D eigenvalue weighted by Gasteiger charge is 2.10. The van der Waals surface area contributed by atoms with Crippen molar-refractivity contribution in [2.45, 2.75) is 19.9 Å². The van der Waals surface area contributed by atoms with Crippen molar-refractivity contribution in [1.82, 2.24) is 14.9 Å². The third kappa shape index (κ3) is 3.38. The van der Waals surface area contributed by atoms with Crippen molar-refractivity contribution in [3.8, 4) is 0 Å². The lowest BCUT2D eigenvalue weighted by Gasteiger charge is -2.08. The van der Waals surface area contributed by atoms with Gasteiger partial charge in [-0.3, -0.25) is 4.79 Å². The maximum atomic E-state index is 12.2. The number of rotatable bonds is 6. The van der Waals surface area contributed by atoms with Crippen LogP contribution >= 0.6 is 0 Å². The van der Waals surface area contributed by atoms with Gasteiger partial charge < -0.3 is 9.88 Å². The summed E-state index contributed by atoms with van der Waals surface area (Å²) in [5, 5.41) is 2.96. The predicted octanol–water partition coefficient (Wildman–Crippen LogP) is 3.50. The van der Waals surface area contributed by atoms with Crippen molar-refractivity contribution in [3.63, 3.8) is 0 Å². The summed E-state index contributed by atoms with van der Waals surface area (Å²) >= 11 is 0. The van der Waals surface area contributed by atoms with Crippen LogP contribution in [0.5, 0.6) is 0 Å². The molecule has 0 saturated carbocycles. The average molecular weight is 319 g/mol. The summed E-state index contributed by atoms with van der Waals surface area (Å²) in [6.07, 6.45) is 2.54. The summed E-state index contributed by atoms with van der Waals surface area (Å²) in [5.41, 5.74) is 3.89. The number of para-hydroxylation sites is 2. The maximum absolute atomic E-state index is 12.2. The van der Waals surface area contributed by atoms with Gasteiger partial charge in [-0.1, -0.05) is 35.9 Å². The molecule has 0 fully saturated rings. The molecule has 1 N–H and O–H groups in total. The van der Waals surface area contributed by atoms with Gasteiger partial charge in [-0.25, -0.2) is 4.98 Å². The lowest BCUT2D eigenvalue weighted by atomic mass is 10.1. The van der Waals surface area contributed by atoms with E-state index in [9.17, 15) is 4.79 Å². The maximum Gasteiger partial charge on any atom is 0.251 e. The molecule has 0 aliphatic rings. The molecule has 0 radical (unpaired) electrons. The number of nitrogens with one attached hydrogen (secondary N) is 1. The molecular formula is C20H21N3O. The van der Waals surface area contributed by atoms with Gasteiger partial charge in [-0.2, -0.15) is 0 Å². The van der Waals surface area contributed by atoms with E-state index in [2.05, 4.69) is 27.5 Å². The lowest BCUT2D eigenvalue weighted by Crippen LogP contribution is -2.26. The quantitative estimate of drug-likeness (QED) is 0.707. The predicted molar refractivity (Wildman–Crippen MR) is 97.1 cm³/mol. The molecule has 122 valence electrons. The smallest absolute Gasteiger partial charge is 0.251 e. The van der Waals surface area contributed by atoms with E-state index in [1.54, 1.807) is 0 Å². The van der Waals surface area contributed by atoms with Crippen LogP contribution in [0, 0.1) is 6.92 Å². The Balaban J connectivity index is 1.69. The number of aryl methyl sites for hydroxylation is 1. The number of hydrogen-bond donors (Lipinski definition) is 1. The van der Waals surface area contributed by atoms with E-state index in [0.717, 1.165) is 22.4 Å². The van der Waals surface area contributed by atoms with Crippen LogP contribution in [0.3, 0.4) is 0 Å². The number of imidazole rings is 1. The Labute approximate surface area is 141 Å². The Bertz CT molecular complexity index is 862. The van der Waals surface area contributed by atoms with Gasteiger partial charge in [0.05, 0.1) is 11.0 Å². The largest absolute Gasteiger partial charge is 0.352 e. The van der Waals surface area contributed by atoms with Gasteiger partial charge in [0.2, 0.25) is 0 Å². The number of nitrogens with zero attached hydrogens (tertiary/aromatic N) is 2. The molecule has 1 aromatic heterocycles. The SMILES string of the molecule is C=CCn1c(CCNC(=O)c2ccc(C)cc2)nc2ccccc21. The lowest BCUT2D eigenvalue weighted by molar-refractivity contribution is 0.0954. The summed E-state index contributed by atoms with van der Waals surface area (Å²) in [6, 6.07) is 15.6. The first-order valence-electron chi connectivity index (χ1n) is 8.09. The van der Waals surface area contributed by atoms with E-state index in [-0.39, 0.29) is 5.91 Å². The van der Waals surface area contributed by atoms with Gasteiger partial charge in [0.25, 0.3) is 5.91 Å². The fraction of sp³-hybridized carbons (Fsp3) is 0.200. The zero-order valence-electron chi connectivity index (χ0n) is 13.8. The molecule has 0 aliphatic carbocycles. The zero-order valence-corrected chi connectivity index (χ0v) is 13.8. The fourth-order valence-corrected chi connectivity index (χ4v) is 2.74. The second-order valence-electron chi connectivity index (χ2n) is 5.79. The van der Waals surface area contributed by atoms with Crippen LogP contribution in [-0.2, 0) is 13.0 Å². The van der Waals surface area contributed by atoms with Crippen molar-refractivity contribution >= 4 is 16.9 Å². The first kappa shape index (κ1) is 16.0. The number of aromatic nitrogens is 2. The van der Waals surface area contributed by atoms with Crippen molar-refractivity contribution in [1.29, 1.82) is 0 Å². The first-order chi connectivity index (χ1) is 11.7.